The van der Waals surface area contributed by atoms with Gasteiger partial charge in [0.1, 0.15) is 0 Å². The van der Waals surface area contributed by atoms with E-state index in [4.69, 9.17) is 10.5 Å². The minimum Gasteiger partial charge on any atom is -0.377 e. The van der Waals surface area contributed by atoms with Gasteiger partial charge in [-0.05, 0) is 31.6 Å². The molecule has 0 aromatic heterocycles. The van der Waals surface area contributed by atoms with Crippen molar-refractivity contribution in [2.75, 3.05) is 13.2 Å². The van der Waals surface area contributed by atoms with Crippen LogP contribution in [0.4, 0.5) is 0 Å². The Labute approximate surface area is 96.9 Å². The molecule has 3 N–H and O–H groups in total. The first-order valence-corrected chi connectivity index (χ1v) is 6.41. The standard InChI is InChI=1S/C12H22N2O2/c13-12(15)11(9-4-1-2-5-9)14-8-10-6-3-7-16-10/h9-11,14H,1-8H2,(H2,13,15). The lowest BCUT2D eigenvalue weighted by atomic mass is 9.97. The van der Waals surface area contributed by atoms with Gasteiger partial charge in [0.15, 0.2) is 0 Å². The Hall–Kier alpha value is -0.610. The Balaban J connectivity index is 1.79. The Kier molecular flexibility index (Phi) is 4.18. The van der Waals surface area contributed by atoms with Crippen molar-refractivity contribution in [2.45, 2.75) is 50.7 Å². The lowest BCUT2D eigenvalue weighted by Crippen LogP contribution is -2.48. The summed E-state index contributed by atoms with van der Waals surface area (Å²) in [5, 5.41) is 3.30. The van der Waals surface area contributed by atoms with Crippen molar-refractivity contribution in [3.05, 3.63) is 0 Å². The smallest absolute Gasteiger partial charge is 0.234 e. The van der Waals surface area contributed by atoms with Gasteiger partial charge in [-0.2, -0.15) is 0 Å². The van der Waals surface area contributed by atoms with Crippen molar-refractivity contribution in [3.8, 4) is 0 Å². The second kappa shape index (κ2) is 5.64. The van der Waals surface area contributed by atoms with Crippen LogP contribution in [0.5, 0.6) is 0 Å². The zero-order chi connectivity index (χ0) is 11.4. The fourth-order valence-corrected chi connectivity index (χ4v) is 2.85. The number of carbonyl (C=O) groups is 1. The zero-order valence-corrected chi connectivity index (χ0v) is 9.78. The van der Waals surface area contributed by atoms with Crippen LogP contribution < -0.4 is 11.1 Å². The molecule has 0 aromatic rings. The lowest BCUT2D eigenvalue weighted by molar-refractivity contribution is -0.121. The van der Waals surface area contributed by atoms with Gasteiger partial charge in [-0.3, -0.25) is 4.79 Å². The van der Waals surface area contributed by atoms with E-state index in [9.17, 15) is 4.79 Å². The van der Waals surface area contributed by atoms with Gasteiger partial charge in [0.25, 0.3) is 0 Å². The van der Waals surface area contributed by atoms with E-state index in [1.807, 2.05) is 0 Å². The summed E-state index contributed by atoms with van der Waals surface area (Å²) in [5.74, 6) is 0.240. The summed E-state index contributed by atoms with van der Waals surface area (Å²) in [4.78, 5) is 11.4. The third kappa shape index (κ3) is 2.95. The predicted octanol–water partition coefficient (Wildman–Crippen LogP) is 0.799. The molecule has 1 amide bonds. The van der Waals surface area contributed by atoms with Crippen LogP contribution in [0.1, 0.15) is 38.5 Å². The molecule has 1 aliphatic heterocycles. The fourth-order valence-electron chi connectivity index (χ4n) is 2.85. The maximum atomic E-state index is 11.4. The monoisotopic (exact) mass is 226 g/mol. The first-order chi connectivity index (χ1) is 7.77. The minimum atomic E-state index is -0.204. The molecule has 1 heterocycles. The number of nitrogens with one attached hydrogen (secondary N) is 1. The van der Waals surface area contributed by atoms with Gasteiger partial charge >= 0.3 is 0 Å². The van der Waals surface area contributed by atoms with Crippen molar-refractivity contribution in [3.63, 3.8) is 0 Å². The SMILES string of the molecule is NC(=O)C(NCC1CCCO1)C1CCCC1. The number of hydrogen-bond donors (Lipinski definition) is 2. The van der Waals surface area contributed by atoms with Crippen molar-refractivity contribution < 1.29 is 9.53 Å². The number of primary amides is 1. The van der Waals surface area contributed by atoms with E-state index < -0.39 is 0 Å². The molecule has 2 atom stereocenters. The van der Waals surface area contributed by atoms with Crippen LogP contribution >= 0.6 is 0 Å². The van der Waals surface area contributed by atoms with Crippen molar-refractivity contribution >= 4 is 5.91 Å². The quantitative estimate of drug-likeness (QED) is 0.728. The summed E-state index contributed by atoms with van der Waals surface area (Å²) in [7, 11) is 0. The first kappa shape index (κ1) is 11.9. The lowest BCUT2D eigenvalue weighted by Gasteiger charge is -2.23. The summed E-state index contributed by atoms with van der Waals surface area (Å²) in [6.07, 6.45) is 7.24. The Morgan fingerprint density at radius 2 is 2.06 bits per heavy atom. The van der Waals surface area contributed by atoms with Crippen LogP contribution in [0.25, 0.3) is 0 Å². The molecule has 4 nitrogen and oxygen atoms in total. The molecule has 92 valence electrons. The highest BCUT2D eigenvalue weighted by Crippen LogP contribution is 2.27. The van der Waals surface area contributed by atoms with Crippen LogP contribution in [0.2, 0.25) is 0 Å². The molecule has 1 saturated carbocycles. The molecule has 1 aliphatic carbocycles. The summed E-state index contributed by atoms with van der Waals surface area (Å²) in [6.45, 7) is 1.63. The van der Waals surface area contributed by atoms with E-state index in [0.717, 1.165) is 38.8 Å². The van der Waals surface area contributed by atoms with E-state index in [2.05, 4.69) is 5.32 Å². The molecule has 2 unspecified atom stereocenters. The van der Waals surface area contributed by atoms with E-state index in [-0.39, 0.29) is 18.1 Å². The number of carbonyl (C=O) groups excluding carboxylic acids is 1. The van der Waals surface area contributed by atoms with Crippen LogP contribution in [-0.4, -0.2) is 31.2 Å². The van der Waals surface area contributed by atoms with Crippen LogP contribution in [0.3, 0.4) is 0 Å². The highest BCUT2D eigenvalue weighted by Gasteiger charge is 2.29. The van der Waals surface area contributed by atoms with Gasteiger partial charge in [0, 0.05) is 13.2 Å². The van der Waals surface area contributed by atoms with Gasteiger partial charge in [0.05, 0.1) is 12.1 Å². The average Bonchev–Trinajstić information content (AvgIpc) is 2.88. The van der Waals surface area contributed by atoms with Crippen molar-refractivity contribution in [1.29, 1.82) is 0 Å². The minimum absolute atomic E-state index is 0.147. The average molecular weight is 226 g/mol. The molecular weight excluding hydrogens is 204 g/mol. The first-order valence-electron chi connectivity index (χ1n) is 6.41. The van der Waals surface area contributed by atoms with Crippen molar-refractivity contribution in [2.24, 2.45) is 11.7 Å². The molecular formula is C12H22N2O2. The number of ether oxygens (including phenoxy) is 1. The predicted molar refractivity (Wildman–Crippen MR) is 61.9 cm³/mol. The van der Waals surface area contributed by atoms with Gasteiger partial charge in [-0.25, -0.2) is 0 Å². The number of hydrogen-bond acceptors (Lipinski definition) is 3. The molecule has 0 bridgehead atoms. The van der Waals surface area contributed by atoms with Gasteiger partial charge in [0.2, 0.25) is 5.91 Å². The van der Waals surface area contributed by atoms with Gasteiger partial charge in [-0.1, -0.05) is 12.8 Å². The van der Waals surface area contributed by atoms with Gasteiger partial charge < -0.3 is 15.8 Å². The Morgan fingerprint density at radius 3 is 2.62 bits per heavy atom. The van der Waals surface area contributed by atoms with Crippen LogP contribution in [0, 0.1) is 5.92 Å². The van der Waals surface area contributed by atoms with E-state index >= 15 is 0 Å². The number of amides is 1. The summed E-state index contributed by atoms with van der Waals surface area (Å²) in [6, 6.07) is -0.147. The Bertz CT molecular complexity index is 233. The summed E-state index contributed by atoms with van der Waals surface area (Å²) >= 11 is 0. The normalized spacial score (nSPS) is 28.4. The highest BCUT2D eigenvalue weighted by molar-refractivity contribution is 5.80. The molecule has 2 aliphatic rings. The topological polar surface area (TPSA) is 64.4 Å². The molecule has 0 spiro atoms. The fraction of sp³-hybridized carbons (Fsp3) is 0.917. The summed E-state index contributed by atoms with van der Waals surface area (Å²) in [5.41, 5.74) is 5.46. The van der Waals surface area contributed by atoms with Crippen LogP contribution in [0.15, 0.2) is 0 Å². The third-order valence-corrected chi connectivity index (χ3v) is 3.77. The van der Waals surface area contributed by atoms with E-state index in [1.165, 1.54) is 12.8 Å². The van der Waals surface area contributed by atoms with Crippen LogP contribution in [-0.2, 0) is 9.53 Å². The number of nitrogens with two attached hydrogens (primary N) is 1. The van der Waals surface area contributed by atoms with E-state index in [0.29, 0.717) is 5.92 Å². The molecule has 2 rings (SSSR count). The highest BCUT2D eigenvalue weighted by atomic mass is 16.5. The molecule has 16 heavy (non-hydrogen) atoms. The molecule has 0 aromatic carbocycles. The summed E-state index contributed by atoms with van der Waals surface area (Å²) < 4.78 is 5.53. The second-order valence-electron chi connectivity index (χ2n) is 4.97. The molecule has 1 saturated heterocycles. The maximum absolute atomic E-state index is 11.4. The van der Waals surface area contributed by atoms with Gasteiger partial charge in [-0.15, -0.1) is 0 Å². The third-order valence-electron chi connectivity index (χ3n) is 3.77. The second-order valence-corrected chi connectivity index (χ2v) is 4.97. The van der Waals surface area contributed by atoms with E-state index in [1.54, 1.807) is 0 Å². The zero-order valence-electron chi connectivity index (χ0n) is 9.78. The van der Waals surface area contributed by atoms with Crippen molar-refractivity contribution in [1.82, 2.24) is 5.32 Å². The molecule has 4 heteroatoms. The largest absolute Gasteiger partial charge is 0.377 e. The Morgan fingerprint density at radius 1 is 1.31 bits per heavy atom. The maximum Gasteiger partial charge on any atom is 0.234 e. The molecule has 2 fully saturated rings. The molecule has 0 radical (unpaired) electrons. The number of rotatable bonds is 5.